The lowest BCUT2D eigenvalue weighted by Gasteiger charge is -2.48. The van der Waals surface area contributed by atoms with Crippen LogP contribution >= 0.6 is 0 Å². The summed E-state index contributed by atoms with van der Waals surface area (Å²) >= 11 is 0. The van der Waals surface area contributed by atoms with Crippen molar-refractivity contribution in [1.29, 1.82) is 0 Å². The van der Waals surface area contributed by atoms with Crippen LogP contribution in [0.25, 0.3) is 0 Å². The summed E-state index contributed by atoms with van der Waals surface area (Å²) in [7, 11) is 0. The monoisotopic (exact) mass is 342 g/mol. The highest BCUT2D eigenvalue weighted by atomic mass is 16.7. The van der Waals surface area contributed by atoms with Crippen LogP contribution in [0.4, 0.5) is 0 Å². The summed E-state index contributed by atoms with van der Waals surface area (Å²) in [6, 6.07) is 0. The highest BCUT2D eigenvalue weighted by Crippen LogP contribution is 2.38. The van der Waals surface area contributed by atoms with Crippen molar-refractivity contribution in [2.24, 2.45) is 17.8 Å². The molecule has 10 atom stereocenters. The molecule has 0 radical (unpaired) electrons. The third-order valence-electron chi connectivity index (χ3n) is 6.22. The molecule has 5 nitrogen and oxygen atoms in total. The first-order valence-corrected chi connectivity index (χ1v) is 9.64. The molecule has 3 aliphatic rings. The Bertz CT molecular complexity index is 415. The summed E-state index contributed by atoms with van der Waals surface area (Å²) in [5, 5.41) is 0. The maximum atomic E-state index is 6.45. The van der Waals surface area contributed by atoms with Gasteiger partial charge in [-0.25, -0.2) is 0 Å². The second-order valence-electron chi connectivity index (χ2n) is 7.93. The quantitative estimate of drug-likeness (QED) is 0.787. The van der Waals surface area contributed by atoms with E-state index in [9.17, 15) is 0 Å². The molecule has 0 saturated carbocycles. The Balaban J connectivity index is 1.64. The molecule has 4 unspecified atom stereocenters. The van der Waals surface area contributed by atoms with Crippen molar-refractivity contribution in [1.82, 2.24) is 0 Å². The van der Waals surface area contributed by atoms with Gasteiger partial charge >= 0.3 is 0 Å². The zero-order valence-electron chi connectivity index (χ0n) is 15.9. The van der Waals surface area contributed by atoms with E-state index >= 15 is 0 Å². The Hall–Kier alpha value is -0.200. The molecule has 5 heteroatoms. The number of fused-ring (bicyclic) bond motifs is 1. The molecule has 0 aromatic rings. The normalized spacial score (nSPS) is 52.8. The Labute approximate surface area is 146 Å². The minimum absolute atomic E-state index is 0.0359. The van der Waals surface area contributed by atoms with Crippen LogP contribution in [0.1, 0.15) is 54.4 Å². The van der Waals surface area contributed by atoms with Gasteiger partial charge in [0.15, 0.2) is 12.6 Å². The van der Waals surface area contributed by atoms with Crippen LogP contribution in [0, 0.1) is 17.8 Å². The van der Waals surface area contributed by atoms with E-state index in [0.717, 1.165) is 12.8 Å². The number of rotatable bonds is 3. The van der Waals surface area contributed by atoms with Gasteiger partial charge in [-0.15, -0.1) is 0 Å². The minimum atomic E-state index is -0.201. The number of ether oxygens (including phenoxy) is 5. The fourth-order valence-corrected chi connectivity index (χ4v) is 4.32. The van der Waals surface area contributed by atoms with Crippen molar-refractivity contribution in [3.63, 3.8) is 0 Å². The number of hydrogen-bond acceptors (Lipinski definition) is 5. The Kier molecular flexibility index (Phi) is 5.87. The summed E-state index contributed by atoms with van der Waals surface area (Å²) in [6.07, 6.45) is 2.05. The molecule has 0 aromatic heterocycles. The zero-order valence-corrected chi connectivity index (χ0v) is 15.9. The second-order valence-corrected chi connectivity index (χ2v) is 7.93. The van der Waals surface area contributed by atoms with Gasteiger partial charge in [-0.1, -0.05) is 27.7 Å². The second kappa shape index (κ2) is 7.58. The van der Waals surface area contributed by atoms with E-state index in [4.69, 9.17) is 23.7 Å². The zero-order chi connectivity index (χ0) is 17.4. The molecular formula is C19H34O5. The van der Waals surface area contributed by atoms with Crippen molar-refractivity contribution in [2.45, 2.75) is 97.5 Å². The predicted octanol–water partition coefficient (Wildman–Crippen LogP) is 3.35. The van der Waals surface area contributed by atoms with Crippen molar-refractivity contribution in [2.75, 3.05) is 6.61 Å². The SMILES string of the molecule is CCC1O[C@@H](C)[C@@H](C)C(C)[C@@H]1O[C@H]1C[C@@H](C)[C@@H]2OC(C)OCC2O1. The van der Waals surface area contributed by atoms with E-state index in [1.165, 1.54) is 0 Å². The van der Waals surface area contributed by atoms with Crippen LogP contribution < -0.4 is 0 Å². The van der Waals surface area contributed by atoms with Crippen LogP contribution in [0.5, 0.6) is 0 Å². The summed E-state index contributed by atoms with van der Waals surface area (Å²) in [4.78, 5) is 0. The van der Waals surface area contributed by atoms with E-state index in [1.807, 2.05) is 6.92 Å². The van der Waals surface area contributed by atoms with E-state index in [0.29, 0.717) is 24.4 Å². The van der Waals surface area contributed by atoms with Crippen molar-refractivity contribution >= 4 is 0 Å². The third kappa shape index (κ3) is 3.65. The van der Waals surface area contributed by atoms with Crippen molar-refractivity contribution < 1.29 is 23.7 Å². The van der Waals surface area contributed by atoms with Gasteiger partial charge in [0.2, 0.25) is 0 Å². The first kappa shape index (κ1) is 18.6. The highest BCUT2D eigenvalue weighted by molar-refractivity contribution is 4.89. The van der Waals surface area contributed by atoms with E-state index in [2.05, 4.69) is 34.6 Å². The van der Waals surface area contributed by atoms with Crippen molar-refractivity contribution in [3.05, 3.63) is 0 Å². The molecule has 3 rings (SSSR count). The first-order valence-electron chi connectivity index (χ1n) is 9.64. The summed E-state index contributed by atoms with van der Waals surface area (Å²) in [5.41, 5.74) is 0. The van der Waals surface area contributed by atoms with Gasteiger partial charge in [-0.05, 0) is 38.0 Å². The Morgan fingerprint density at radius 2 is 1.71 bits per heavy atom. The standard InChI is InChI=1S/C19H34O5/c1-7-15-19(12(4)11(3)13(5)21-15)24-17-8-10(2)18-16(23-17)9-20-14(6)22-18/h10-19H,7-9H2,1-6H3/t10-,11+,12?,13+,14?,15?,16?,17+,18+,19+/m1/s1. The van der Waals surface area contributed by atoms with E-state index in [1.54, 1.807) is 0 Å². The van der Waals surface area contributed by atoms with Gasteiger partial charge in [0.1, 0.15) is 6.10 Å². The lowest BCUT2D eigenvalue weighted by Crippen LogP contribution is -2.56. The summed E-state index contributed by atoms with van der Waals surface area (Å²) < 4.78 is 30.3. The van der Waals surface area contributed by atoms with E-state index < -0.39 is 0 Å². The lowest BCUT2D eigenvalue weighted by atomic mass is 9.81. The molecule has 3 heterocycles. The van der Waals surface area contributed by atoms with Crippen LogP contribution in [0.3, 0.4) is 0 Å². The first-order chi connectivity index (χ1) is 11.4. The Morgan fingerprint density at radius 1 is 0.958 bits per heavy atom. The highest BCUT2D eigenvalue weighted by Gasteiger charge is 2.45. The van der Waals surface area contributed by atoms with Gasteiger partial charge in [-0.2, -0.15) is 0 Å². The molecule has 24 heavy (non-hydrogen) atoms. The fraction of sp³-hybridized carbons (Fsp3) is 1.00. The molecule has 3 saturated heterocycles. The van der Waals surface area contributed by atoms with E-state index in [-0.39, 0.29) is 43.1 Å². The molecule has 0 N–H and O–H groups in total. The van der Waals surface area contributed by atoms with Crippen LogP contribution in [0.2, 0.25) is 0 Å². The van der Waals surface area contributed by atoms with Gasteiger partial charge in [0.25, 0.3) is 0 Å². The molecule has 0 amide bonds. The van der Waals surface area contributed by atoms with Gasteiger partial charge in [0.05, 0.1) is 31.0 Å². The predicted molar refractivity (Wildman–Crippen MR) is 90.6 cm³/mol. The average Bonchev–Trinajstić information content (AvgIpc) is 2.56. The maximum Gasteiger partial charge on any atom is 0.159 e. The molecule has 3 fully saturated rings. The van der Waals surface area contributed by atoms with Gasteiger partial charge < -0.3 is 23.7 Å². The molecule has 0 aliphatic carbocycles. The molecule has 140 valence electrons. The molecule has 0 aromatic carbocycles. The third-order valence-corrected chi connectivity index (χ3v) is 6.22. The number of hydrogen-bond donors (Lipinski definition) is 0. The van der Waals surface area contributed by atoms with Crippen LogP contribution in [0.15, 0.2) is 0 Å². The smallest absolute Gasteiger partial charge is 0.159 e. The topological polar surface area (TPSA) is 46.2 Å². The average molecular weight is 342 g/mol. The van der Waals surface area contributed by atoms with Crippen molar-refractivity contribution in [3.8, 4) is 0 Å². The largest absolute Gasteiger partial charge is 0.372 e. The molecular weight excluding hydrogens is 308 g/mol. The Morgan fingerprint density at radius 3 is 2.42 bits per heavy atom. The van der Waals surface area contributed by atoms with Gasteiger partial charge in [0, 0.05) is 6.42 Å². The lowest BCUT2D eigenvalue weighted by molar-refractivity contribution is -0.338. The molecule has 3 aliphatic heterocycles. The molecule has 0 spiro atoms. The maximum absolute atomic E-state index is 6.45. The summed E-state index contributed by atoms with van der Waals surface area (Å²) in [6.45, 7) is 13.6. The minimum Gasteiger partial charge on any atom is -0.372 e. The van der Waals surface area contributed by atoms with Crippen LogP contribution in [-0.2, 0) is 23.7 Å². The van der Waals surface area contributed by atoms with Crippen LogP contribution in [-0.4, -0.2) is 49.7 Å². The molecule has 0 bridgehead atoms. The van der Waals surface area contributed by atoms with Gasteiger partial charge in [-0.3, -0.25) is 0 Å². The summed E-state index contributed by atoms with van der Waals surface area (Å²) in [5.74, 6) is 1.33. The fourth-order valence-electron chi connectivity index (χ4n) is 4.32.